The van der Waals surface area contributed by atoms with Crippen LogP contribution in [0.5, 0.6) is 0 Å². The second-order valence-corrected chi connectivity index (χ2v) is 5.07. The van der Waals surface area contributed by atoms with E-state index in [0.717, 1.165) is 37.4 Å². The van der Waals surface area contributed by atoms with Gasteiger partial charge >= 0.3 is 0 Å². The number of imidazole rings is 1. The van der Waals surface area contributed by atoms with Crippen LogP contribution in [0, 0.1) is 0 Å². The number of carbonyl (C=O) groups excluding carboxylic acids is 1. The highest BCUT2D eigenvalue weighted by Gasteiger charge is 2.23. The Balaban J connectivity index is 1.76. The van der Waals surface area contributed by atoms with Gasteiger partial charge in [-0.2, -0.15) is 0 Å². The van der Waals surface area contributed by atoms with Crippen LogP contribution in [0.2, 0.25) is 0 Å². The van der Waals surface area contributed by atoms with Crippen molar-refractivity contribution in [2.45, 2.75) is 25.7 Å². The van der Waals surface area contributed by atoms with E-state index < -0.39 is 0 Å². The first-order valence-corrected chi connectivity index (χ1v) is 6.80. The summed E-state index contributed by atoms with van der Waals surface area (Å²) in [5.74, 6) is 1.18. The summed E-state index contributed by atoms with van der Waals surface area (Å²) in [5.41, 5.74) is 0.958. The third kappa shape index (κ3) is 2.54. The number of likely N-dealkylation sites (tertiary alicyclic amines) is 1. The van der Waals surface area contributed by atoms with Gasteiger partial charge in [-0.05, 0) is 12.8 Å². The minimum absolute atomic E-state index is 0.137. The van der Waals surface area contributed by atoms with Crippen LogP contribution < -0.4 is 0 Å². The van der Waals surface area contributed by atoms with Gasteiger partial charge in [0.1, 0.15) is 6.33 Å². The molecule has 0 radical (unpaired) electrons. The molecule has 20 heavy (non-hydrogen) atoms. The van der Waals surface area contributed by atoms with Crippen molar-refractivity contribution in [2.75, 3.05) is 13.1 Å². The Bertz CT molecular complexity index is 578. The molecule has 0 N–H and O–H groups in total. The van der Waals surface area contributed by atoms with Crippen LogP contribution in [0.3, 0.4) is 0 Å². The van der Waals surface area contributed by atoms with Gasteiger partial charge in [0.05, 0.1) is 18.1 Å². The third-order valence-corrected chi connectivity index (χ3v) is 3.71. The fraction of sp³-hybridized carbons (Fsp3) is 0.429. The molecule has 1 atom stereocenters. The molecular weight excluding hydrogens is 254 g/mol. The molecule has 1 saturated heterocycles. The molecule has 0 unspecified atom stereocenters. The van der Waals surface area contributed by atoms with Crippen molar-refractivity contribution in [3.8, 4) is 5.82 Å². The normalized spacial score (nSPS) is 19.1. The van der Waals surface area contributed by atoms with E-state index in [-0.39, 0.29) is 11.8 Å². The fourth-order valence-electron chi connectivity index (χ4n) is 2.57. The Morgan fingerprint density at radius 1 is 1.35 bits per heavy atom. The van der Waals surface area contributed by atoms with E-state index in [9.17, 15) is 4.79 Å². The van der Waals surface area contributed by atoms with Crippen molar-refractivity contribution in [1.29, 1.82) is 0 Å². The number of amides is 1. The SMILES string of the molecule is CC(=O)N1CCC[C@@H](c2cnc(-n3ccnc3)cn2)C1. The van der Waals surface area contributed by atoms with Gasteiger partial charge in [0.25, 0.3) is 0 Å². The highest BCUT2D eigenvalue weighted by atomic mass is 16.2. The lowest BCUT2D eigenvalue weighted by Crippen LogP contribution is -2.37. The lowest BCUT2D eigenvalue weighted by Gasteiger charge is -2.31. The van der Waals surface area contributed by atoms with Crippen LogP contribution in [0.25, 0.3) is 5.82 Å². The Morgan fingerprint density at radius 3 is 2.90 bits per heavy atom. The summed E-state index contributed by atoms with van der Waals surface area (Å²) in [4.78, 5) is 26.3. The van der Waals surface area contributed by atoms with Gasteiger partial charge in [0.15, 0.2) is 5.82 Å². The topological polar surface area (TPSA) is 63.9 Å². The van der Waals surface area contributed by atoms with Crippen LogP contribution in [0.15, 0.2) is 31.1 Å². The average Bonchev–Trinajstić information content (AvgIpc) is 3.02. The molecule has 0 aromatic carbocycles. The van der Waals surface area contributed by atoms with Crippen molar-refractivity contribution < 1.29 is 4.79 Å². The van der Waals surface area contributed by atoms with Crippen molar-refractivity contribution >= 4 is 5.91 Å². The van der Waals surface area contributed by atoms with E-state index in [4.69, 9.17) is 0 Å². The summed E-state index contributed by atoms with van der Waals surface area (Å²) >= 11 is 0. The molecule has 1 amide bonds. The molecule has 6 nitrogen and oxygen atoms in total. The predicted molar refractivity (Wildman–Crippen MR) is 73.4 cm³/mol. The highest BCUT2D eigenvalue weighted by molar-refractivity contribution is 5.73. The summed E-state index contributed by atoms with van der Waals surface area (Å²) < 4.78 is 1.82. The van der Waals surface area contributed by atoms with Gasteiger partial charge in [-0.3, -0.25) is 14.3 Å². The van der Waals surface area contributed by atoms with Crippen LogP contribution in [-0.4, -0.2) is 43.4 Å². The Hall–Kier alpha value is -2.24. The molecule has 1 aliphatic rings. The van der Waals surface area contributed by atoms with Crippen LogP contribution in [-0.2, 0) is 4.79 Å². The Morgan fingerprint density at radius 2 is 2.25 bits per heavy atom. The van der Waals surface area contributed by atoms with Crippen molar-refractivity contribution in [3.05, 3.63) is 36.8 Å². The quantitative estimate of drug-likeness (QED) is 0.828. The summed E-state index contributed by atoms with van der Waals surface area (Å²) in [7, 11) is 0. The molecule has 0 bridgehead atoms. The van der Waals surface area contributed by atoms with Crippen molar-refractivity contribution in [2.24, 2.45) is 0 Å². The van der Waals surface area contributed by atoms with Gasteiger partial charge in [0, 0.05) is 38.3 Å². The smallest absolute Gasteiger partial charge is 0.219 e. The molecule has 0 spiro atoms. The van der Waals surface area contributed by atoms with E-state index in [1.54, 1.807) is 25.6 Å². The second kappa shape index (κ2) is 5.40. The van der Waals surface area contributed by atoms with Crippen LogP contribution >= 0.6 is 0 Å². The lowest BCUT2D eigenvalue weighted by molar-refractivity contribution is -0.130. The standard InChI is InChI=1S/C14H17N5O/c1-11(20)18-5-2-3-12(9-18)13-7-17-14(8-16-13)19-6-4-15-10-19/h4,6-8,10,12H,2-3,5,9H2,1H3/t12-/m1/s1. The average molecular weight is 271 g/mol. The summed E-state index contributed by atoms with van der Waals surface area (Å²) in [5, 5.41) is 0. The number of rotatable bonds is 2. The van der Waals surface area contributed by atoms with E-state index >= 15 is 0 Å². The maximum atomic E-state index is 11.5. The number of piperidine rings is 1. The Kier molecular flexibility index (Phi) is 3.45. The highest BCUT2D eigenvalue weighted by Crippen LogP contribution is 2.25. The molecule has 3 heterocycles. The largest absolute Gasteiger partial charge is 0.342 e. The zero-order valence-corrected chi connectivity index (χ0v) is 11.4. The zero-order valence-electron chi connectivity index (χ0n) is 11.4. The molecule has 3 rings (SSSR count). The van der Waals surface area contributed by atoms with Gasteiger partial charge in [0.2, 0.25) is 5.91 Å². The van der Waals surface area contributed by atoms with Crippen molar-refractivity contribution in [1.82, 2.24) is 24.4 Å². The number of aromatic nitrogens is 4. The van der Waals surface area contributed by atoms with E-state index in [1.165, 1.54) is 0 Å². The fourth-order valence-corrected chi connectivity index (χ4v) is 2.57. The molecule has 2 aromatic heterocycles. The molecule has 104 valence electrons. The molecule has 0 saturated carbocycles. The number of nitrogens with zero attached hydrogens (tertiary/aromatic N) is 5. The van der Waals surface area contributed by atoms with Crippen molar-refractivity contribution in [3.63, 3.8) is 0 Å². The molecule has 2 aromatic rings. The van der Waals surface area contributed by atoms with Gasteiger partial charge < -0.3 is 4.90 Å². The number of hydrogen-bond acceptors (Lipinski definition) is 4. The van der Waals surface area contributed by atoms with Crippen LogP contribution in [0.1, 0.15) is 31.4 Å². The Labute approximate surface area is 117 Å². The van der Waals surface area contributed by atoms with E-state index in [2.05, 4.69) is 15.0 Å². The van der Waals surface area contributed by atoms with Gasteiger partial charge in [-0.25, -0.2) is 9.97 Å². The molecule has 0 aliphatic carbocycles. The monoisotopic (exact) mass is 271 g/mol. The molecule has 1 fully saturated rings. The maximum absolute atomic E-state index is 11.5. The molecular formula is C14H17N5O. The second-order valence-electron chi connectivity index (χ2n) is 5.07. The first-order valence-electron chi connectivity index (χ1n) is 6.80. The van der Waals surface area contributed by atoms with E-state index in [0.29, 0.717) is 0 Å². The van der Waals surface area contributed by atoms with E-state index in [1.807, 2.05) is 21.9 Å². The number of hydrogen-bond donors (Lipinski definition) is 0. The summed E-state index contributed by atoms with van der Waals surface area (Å²) in [6.45, 7) is 3.22. The van der Waals surface area contributed by atoms with Crippen LogP contribution in [0.4, 0.5) is 0 Å². The van der Waals surface area contributed by atoms with Gasteiger partial charge in [-0.15, -0.1) is 0 Å². The van der Waals surface area contributed by atoms with Gasteiger partial charge in [-0.1, -0.05) is 0 Å². The summed E-state index contributed by atoms with van der Waals surface area (Å²) in [6.07, 6.45) is 10.9. The minimum atomic E-state index is 0.137. The molecule has 1 aliphatic heterocycles. The summed E-state index contributed by atoms with van der Waals surface area (Å²) in [6, 6.07) is 0. The lowest BCUT2D eigenvalue weighted by atomic mass is 9.95. The molecule has 6 heteroatoms. The number of carbonyl (C=O) groups is 1. The zero-order chi connectivity index (χ0) is 13.9. The third-order valence-electron chi connectivity index (χ3n) is 3.71. The first-order chi connectivity index (χ1) is 9.74. The predicted octanol–water partition coefficient (Wildman–Crippen LogP) is 1.39. The minimum Gasteiger partial charge on any atom is -0.342 e. The first kappa shape index (κ1) is 12.8. The maximum Gasteiger partial charge on any atom is 0.219 e.